The van der Waals surface area contributed by atoms with Crippen molar-refractivity contribution < 1.29 is 8.42 Å². The van der Waals surface area contributed by atoms with E-state index in [1.54, 1.807) is 18.3 Å². The van der Waals surface area contributed by atoms with E-state index in [1.807, 2.05) is 24.3 Å². The summed E-state index contributed by atoms with van der Waals surface area (Å²) < 4.78 is 27.9. The van der Waals surface area contributed by atoms with E-state index in [0.29, 0.717) is 11.7 Å². The molecule has 1 N–H and O–H groups in total. The minimum atomic E-state index is -3.63. The van der Waals surface area contributed by atoms with Gasteiger partial charge in [0.05, 0.1) is 5.69 Å². The molecule has 1 saturated carbocycles. The number of rotatable bonds is 6. The van der Waals surface area contributed by atoms with Crippen LogP contribution in [-0.4, -0.2) is 31.4 Å². The average molecular weight is 359 g/mol. The van der Waals surface area contributed by atoms with Crippen LogP contribution in [0.3, 0.4) is 0 Å². The molecule has 1 aromatic carbocycles. The van der Waals surface area contributed by atoms with Crippen molar-refractivity contribution >= 4 is 15.7 Å². The molecule has 0 saturated heterocycles. The minimum Gasteiger partial charge on any atom is -0.299 e. The predicted octanol–water partition coefficient (Wildman–Crippen LogP) is 3.65. The maximum atomic E-state index is 12.6. The summed E-state index contributed by atoms with van der Waals surface area (Å²) in [5.74, 6) is 0. The van der Waals surface area contributed by atoms with Gasteiger partial charge in [-0.05, 0) is 43.7 Å². The van der Waals surface area contributed by atoms with E-state index < -0.39 is 10.0 Å². The van der Waals surface area contributed by atoms with Crippen molar-refractivity contribution in [2.75, 3.05) is 11.8 Å². The summed E-state index contributed by atoms with van der Waals surface area (Å²) in [7, 11) is -1.50. The highest BCUT2D eigenvalue weighted by Crippen LogP contribution is 2.26. The van der Waals surface area contributed by atoms with Crippen LogP contribution in [0.1, 0.15) is 37.7 Å². The van der Waals surface area contributed by atoms with Crippen molar-refractivity contribution in [3.63, 3.8) is 0 Å². The van der Waals surface area contributed by atoms with E-state index in [4.69, 9.17) is 0 Å². The van der Waals surface area contributed by atoms with Gasteiger partial charge in [-0.3, -0.25) is 14.6 Å². The van der Waals surface area contributed by atoms with Gasteiger partial charge in [-0.25, -0.2) is 8.42 Å². The van der Waals surface area contributed by atoms with Gasteiger partial charge in [0, 0.05) is 25.0 Å². The molecule has 1 aliphatic rings. The molecule has 0 radical (unpaired) electrons. The van der Waals surface area contributed by atoms with Crippen LogP contribution in [0.5, 0.6) is 0 Å². The number of anilines is 1. The molecule has 2 aromatic rings. The Morgan fingerprint density at radius 1 is 1.12 bits per heavy atom. The standard InChI is InChI=1S/C19H25N3O2S/c1-22(17-9-3-2-4-10-17)15-16-8-5-6-12-19(16)21-25(23,24)18-11-7-13-20-14-18/h5-8,11-14,17,21H,2-4,9-10,15H2,1H3. The van der Waals surface area contributed by atoms with E-state index in [0.717, 1.165) is 12.1 Å². The number of hydrogen-bond donors (Lipinski definition) is 1. The first-order chi connectivity index (χ1) is 12.1. The quantitative estimate of drug-likeness (QED) is 0.855. The van der Waals surface area contributed by atoms with Gasteiger partial charge in [-0.15, -0.1) is 0 Å². The SMILES string of the molecule is CN(Cc1ccccc1NS(=O)(=O)c1cccnc1)C1CCCCC1. The minimum absolute atomic E-state index is 0.172. The zero-order valence-corrected chi connectivity index (χ0v) is 15.4. The molecule has 1 fully saturated rings. The van der Waals surface area contributed by atoms with Gasteiger partial charge in [-0.2, -0.15) is 0 Å². The molecule has 0 aliphatic heterocycles. The largest absolute Gasteiger partial charge is 0.299 e. The van der Waals surface area contributed by atoms with Crippen molar-refractivity contribution in [1.29, 1.82) is 0 Å². The van der Waals surface area contributed by atoms with E-state index in [2.05, 4.69) is 21.7 Å². The van der Waals surface area contributed by atoms with Crippen LogP contribution in [0.15, 0.2) is 53.7 Å². The number of benzene rings is 1. The summed E-state index contributed by atoms with van der Waals surface area (Å²) in [6.07, 6.45) is 9.26. The molecule has 1 heterocycles. The Morgan fingerprint density at radius 2 is 1.88 bits per heavy atom. The van der Waals surface area contributed by atoms with E-state index >= 15 is 0 Å². The third-order valence-corrected chi connectivity index (χ3v) is 6.17. The monoisotopic (exact) mass is 359 g/mol. The van der Waals surface area contributed by atoms with Crippen molar-refractivity contribution in [3.05, 3.63) is 54.4 Å². The van der Waals surface area contributed by atoms with Crippen LogP contribution < -0.4 is 4.72 Å². The van der Waals surface area contributed by atoms with Gasteiger partial charge in [0.1, 0.15) is 4.90 Å². The number of sulfonamides is 1. The third kappa shape index (κ3) is 4.58. The Bertz CT molecular complexity index is 787. The summed E-state index contributed by atoms with van der Waals surface area (Å²) in [5, 5.41) is 0. The maximum Gasteiger partial charge on any atom is 0.263 e. The molecule has 0 spiro atoms. The lowest BCUT2D eigenvalue weighted by Crippen LogP contribution is -2.33. The number of nitrogens with one attached hydrogen (secondary N) is 1. The topological polar surface area (TPSA) is 62.3 Å². The Hall–Kier alpha value is -1.92. The van der Waals surface area contributed by atoms with Crippen LogP contribution in [0.2, 0.25) is 0 Å². The van der Waals surface area contributed by atoms with Crippen LogP contribution in [0.25, 0.3) is 0 Å². The number of aromatic nitrogens is 1. The van der Waals surface area contributed by atoms with Crippen LogP contribution >= 0.6 is 0 Å². The normalized spacial score (nSPS) is 16.1. The summed E-state index contributed by atoms with van der Waals surface area (Å²) in [4.78, 5) is 6.41. The lowest BCUT2D eigenvalue weighted by atomic mass is 9.94. The van der Waals surface area contributed by atoms with Crippen molar-refractivity contribution in [2.24, 2.45) is 0 Å². The smallest absolute Gasteiger partial charge is 0.263 e. The summed E-state index contributed by atoms with van der Waals surface area (Å²) in [6.45, 7) is 0.733. The first-order valence-electron chi connectivity index (χ1n) is 8.77. The van der Waals surface area contributed by atoms with Gasteiger partial charge < -0.3 is 0 Å². The van der Waals surface area contributed by atoms with Crippen LogP contribution in [-0.2, 0) is 16.6 Å². The van der Waals surface area contributed by atoms with Crippen LogP contribution in [0.4, 0.5) is 5.69 Å². The Balaban J connectivity index is 1.77. The van der Waals surface area contributed by atoms with Gasteiger partial charge >= 0.3 is 0 Å². The molecule has 134 valence electrons. The van der Waals surface area contributed by atoms with Crippen molar-refractivity contribution in [1.82, 2.24) is 9.88 Å². The highest BCUT2D eigenvalue weighted by molar-refractivity contribution is 7.92. The van der Waals surface area contributed by atoms with Crippen molar-refractivity contribution in [3.8, 4) is 0 Å². The number of pyridine rings is 1. The first-order valence-corrected chi connectivity index (χ1v) is 10.3. The molecule has 25 heavy (non-hydrogen) atoms. The summed E-state index contributed by atoms with van der Waals surface area (Å²) in [5.41, 5.74) is 1.62. The molecular formula is C19H25N3O2S. The highest BCUT2D eigenvalue weighted by Gasteiger charge is 2.20. The molecule has 1 aliphatic carbocycles. The Morgan fingerprint density at radius 3 is 2.60 bits per heavy atom. The zero-order chi connectivity index (χ0) is 17.7. The fraction of sp³-hybridized carbons (Fsp3) is 0.421. The van der Waals surface area contributed by atoms with Gasteiger partial charge in [0.25, 0.3) is 10.0 Å². The molecule has 0 atom stereocenters. The molecule has 5 nitrogen and oxygen atoms in total. The molecular weight excluding hydrogens is 334 g/mol. The van der Waals surface area contributed by atoms with Crippen molar-refractivity contribution in [2.45, 2.75) is 49.6 Å². The highest BCUT2D eigenvalue weighted by atomic mass is 32.2. The van der Waals surface area contributed by atoms with E-state index in [9.17, 15) is 8.42 Å². The predicted molar refractivity (Wildman–Crippen MR) is 99.8 cm³/mol. The first kappa shape index (κ1) is 17.9. The van der Waals surface area contributed by atoms with Gasteiger partial charge in [-0.1, -0.05) is 37.5 Å². The van der Waals surface area contributed by atoms with E-state index in [-0.39, 0.29) is 4.90 Å². The lowest BCUT2D eigenvalue weighted by Gasteiger charge is -2.31. The summed E-state index contributed by atoms with van der Waals surface area (Å²) in [6, 6.07) is 11.4. The fourth-order valence-electron chi connectivity index (χ4n) is 3.39. The molecule has 3 rings (SSSR count). The molecule has 0 amide bonds. The third-order valence-electron chi connectivity index (χ3n) is 4.82. The second kappa shape index (κ2) is 7.97. The van der Waals surface area contributed by atoms with Gasteiger partial charge in [0.2, 0.25) is 0 Å². The number of hydrogen-bond acceptors (Lipinski definition) is 4. The Kier molecular flexibility index (Phi) is 5.71. The maximum absolute atomic E-state index is 12.6. The average Bonchev–Trinajstić information content (AvgIpc) is 2.64. The second-order valence-electron chi connectivity index (χ2n) is 6.66. The van der Waals surface area contributed by atoms with E-state index in [1.165, 1.54) is 38.3 Å². The van der Waals surface area contributed by atoms with Crippen LogP contribution in [0, 0.1) is 0 Å². The molecule has 1 aromatic heterocycles. The summed E-state index contributed by atoms with van der Waals surface area (Å²) >= 11 is 0. The Labute approximate surface area is 150 Å². The molecule has 0 bridgehead atoms. The molecule has 6 heteroatoms. The molecule has 0 unspecified atom stereocenters. The fourth-order valence-corrected chi connectivity index (χ4v) is 4.45. The van der Waals surface area contributed by atoms with Gasteiger partial charge in [0.15, 0.2) is 0 Å². The second-order valence-corrected chi connectivity index (χ2v) is 8.34. The lowest BCUT2D eigenvalue weighted by molar-refractivity contribution is 0.185. The zero-order valence-electron chi connectivity index (χ0n) is 14.6. The number of para-hydroxylation sites is 1. The number of nitrogens with zero attached hydrogens (tertiary/aromatic N) is 2.